The Balaban J connectivity index is 0.000000282. The van der Waals surface area contributed by atoms with E-state index in [0.29, 0.717) is 0 Å². The van der Waals surface area contributed by atoms with Gasteiger partial charge in [-0.1, -0.05) is 83.9 Å². The van der Waals surface area contributed by atoms with Crippen LogP contribution >= 0.6 is 23.2 Å². The number of halogens is 4. The molecule has 5 rings (SSSR count). The predicted octanol–water partition coefficient (Wildman–Crippen LogP) is 13.4. The Labute approximate surface area is 281 Å². The molecule has 0 bridgehead atoms. The van der Waals surface area contributed by atoms with Crippen LogP contribution in [0.25, 0.3) is 0 Å². The van der Waals surface area contributed by atoms with Crippen molar-refractivity contribution in [3.63, 3.8) is 0 Å². The van der Waals surface area contributed by atoms with Crippen molar-refractivity contribution in [2.24, 2.45) is 0 Å². The molecule has 0 heterocycles. The standard InChI is InChI=1S/C9H11F.2C8H9Cl.C8H9F.C8H10/c1-6-4-8(3)9(10)5-7(6)2;1-6-3-4-8(9)5-7(6)2;2*1-6-4-3-5-8(9)7(6)2;1-7-5-3-4-6-8(7)2/h4-5H,1-3H3;3*3-5H,1-2H3;3-6H,1-2H3. The van der Waals surface area contributed by atoms with Crippen molar-refractivity contribution in [3.8, 4) is 0 Å². The SMILES string of the molecule is Cc1cc(C)c(F)cc1C.Cc1ccc(Cl)cc1C.Cc1cccc(Cl)c1C.Cc1cccc(F)c1C.Cc1ccccc1C. The molecule has 0 aromatic heterocycles. The molecule has 0 nitrogen and oxygen atoms in total. The van der Waals surface area contributed by atoms with Crippen molar-refractivity contribution in [1.82, 2.24) is 0 Å². The van der Waals surface area contributed by atoms with Gasteiger partial charge in [-0.25, -0.2) is 8.78 Å². The van der Waals surface area contributed by atoms with Crippen molar-refractivity contribution in [1.29, 1.82) is 0 Å². The number of benzene rings is 5. The minimum atomic E-state index is -0.116. The van der Waals surface area contributed by atoms with Crippen LogP contribution in [-0.4, -0.2) is 0 Å². The topological polar surface area (TPSA) is 0 Å². The largest absolute Gasteiger partial charge is 0.207 e. The fourth-order valence-corrected chi connectivity index (χ4v) is 4.17. The van der Waals surface area contributed by atoms with Gasteiger partial charge in [0.1, 0.15) is 11.6 Å². The predicted molar refractivity (Wildman–Crippen MR) is 194 cm³/mol. The highest BCUT2D eigenvalue weighted by atomic mass is 35.5. The van der Waals surface area contributed by atoms with Gasteiger partial charge in [-0.05, 0) is 168 Å². The van der Waals surface area contributed by atoms with Crippen LogP contribution < -0.4 is 0 Å². The van der Waals surface area contributed by atoms with E-state index in [4.69, 9.17) is 23.2 Å². The van der Waals surface area contributed by atoms with Crippen LogP contribution in [0.15, 0.2) is 91.0 Å². The van der Waals surface area contributed by atoms with Gasteiger partial charge >= 0.3 is 0 Å². The van der Waals surface area contributed by atoms with Crippen molar-refractivity contribution in [2.75, 3.05) is 0 Å². The third kappa shape index (κ3) is 14.5. The molecule has 240 valence electrons. The molecule has 0 aliphatic carbocycles. The lowest BCUT2D eigenvalue weighted by atomic mass is 10.1. The molecule has 0 saturated carbocycles. The van der Waals surface area contributed by atoms with Gasteiger partial charge < -0.3 is 0 Å². The second-order valence-corrected chi connectivity index (χ2v) is 12.2. The van der Waals surface area contributed by atoms with Crippen LogP contribution in [0.2, 0.25) is 10.0 Å². The normalized spacial score (nSPS) is 9.67. The molecule has 0 amide bonds. The van der Waals surface area contributed by atoms with Crippen molar-refractivity contribution < 1.29 is 8.78 Å². The van der Waals surface area contributed by atoms with Gasteiger partial charge in [0.2, 0.25) is 0 Å². The highest BCUT2D eigenvalue weighted by Crippen LogP contribution is 2.17. The second-order valence-electron chi connectivity index (χ2n) is 11.4. The molecule has 0 unspecified atom stereocenters. The Morgan fingerprint density at radius 1 is 0.356 bits per heavy atom. The van der Waals surface area contributed by atoms with Gasteiger partial charge in [0.15, 0.2) is 0 Å². The fraction of sp³-hybridized carbons (Fsp3) is 0.268. The van der Waals surface area contributed by atoms with Gasteiger partial charge in [-0.15, -0.1) is 0 Å². The molecular formula is C41H48Cl2F2. The molecule has 45 heavy (non-hydrogen) atoms. The van der Waals surface area contributed by atoms with Gasteiger partial charge in [-0.3, -0.25) is 0 Å². The molecule has 0 fully saturated rings. The molecule has 0 N–H and O–H groups in total. The first-order chi connectivity index (χ1) is 21.0. The second kappa shape index (κ2) is 19.8. The molecular weight excluding hydrogens is 601 g/mol. The summed E-state index contributed by atoms with van der Waals surface area (Å²) in [4.78, 5) is 0. The zero-order chi connectivity index (χ0) is 34.3. The molecule has 4 heteroatoms. The van der Waals surface area contributed by atoms with E-state index >= 15 is 0 Å². The minimum absolute atomic E-state index is 0.108. The molecule has 0 aliphatic heterocycles. The minimum Gasteiger partial charge on any atom is -0.207 e. The van der Waals surface area contributed by atoms with Crippen molar-refractivity contribution in [2.45, 2.75) is 76.2 Å². The summed E-state index contributed by atoms with van der Waals surface area (Å²) < 4.78 is 25.3. The number of rotatable bonds is 0. The first-order valence-electron chi connectivity index (χ1n) is 15.0. The molecule has 0 spiro atoms. The van der Waals surface area contributed by atoms with Crippen LogP contribution in [0, 0.1) is 87.8 Å². The van der Waals surface area contributed by atoms with Crippen LogP contribution in [0.5, 0.6) is 0 Å². The van der Waals surface area contributed by atoms with E-state index in [0.717, 1.165) is 37.9 Å². The monoisotopic (exact) mass is 648 g/mol. The average Bonchev–Trinajstić information content (AvgIpc) is 2.98. The van der Waals surface area contributed by atoms with Gasteiger partial charge in [-0.2, -0.15) is 0 Å². The van der Waals surface area contributed by atoms with E-state index in [1.165, 1.54) is 39.4 Å². The summed E-state index contributed by atoms with van der Waals surface area (Å²) in [7, 11) is 0. The van der Waals surface area contributed by atoms with E-state index in [2.05, 4.69) is 65.0 Å². The Morgan fingerprint density at radius 3 is 1.20 bits per heavy atom. The maximum atomic E-state index is 12.8. The summed E-state index contributed by atoms with van der Waals surface area (Å²) in [5, 5.41) is 1.67. The Bertz CT molecular complexity index is 1490. The lowest BCUT2D eigenvalue weighted by Crippen LogP contribution is -1.87. The summed E-state index contributed by atoms with van der Waals surface area (Å²) in [6.45, 7) is 21.8. The summed E-state index contributed by atoms with van der Waals surface area (Å²) in [6.07, 6.45) is 0. The van der Waals surface area contributed by atoms with E-state index < -0.39 is 0 Å². The Hall–Kier alpha value is -3.46. The van der Waals surface area contributed by atoms with Gasteiger partial charge in [0.25, 0.3) is 0 Å². The van der Waals surface area contributed by atoms with Crippen molar-refractivity contribution >= 4 is 23.2 Å². The zero-order valence-electron chi connectivity index (χ0n) is 28.7. The van der Waals surface area contributed by atoms with E-state index in [9.17, 15) is 8.78 Å². The van der Waals surface area contributed by atoms with E-state index in [1.807, 2.05) is 70.2 Å². The summed E-state index contributed by atoms with van der Waals surface area (Å²) in [5.41, 5.74) is 12.4. The van der Waals surface area contributed by atoms with Gasteiger partial charge in [0, 0.05) is 10.0 Å². The average molecular weight is 650 g/mol. The quantitative estimate of drug-likeness (QED) is 0.157. The number of aryl methyl sites for hydroxylation is 9. The maximum Gasteiger partial charge on any atom is 0.126 e. The first-order valence-corrected chi connectivity index (χ1v) is 15.7. The summed E-state index contributed by atoms with van der Waals surface area (Å²) in [5.74, 6) is -0.224. The van der Waals surface area contributed by atoms with E-state index in [-0.39, 0.29) is 11.6 Å². The van der Waals surface area contributed by atoms with E-state index in [1.54, 1.807) is 26.0 Å². The molecule has 0 saturated heterocycles. The molecule has 0 atom stereocenters. The Morgan fingerprint density at radius 2 is 0.800 bits per heavy atom. The third-order valence-electron chi connectivity index (χ3n) is 7.75. The maximum absolute atomic E-state index is 12.8. The van der Waals surface area contributed by atoms with Crippen LogP contribution in [-0.2, 0) is 0 Å². The van der Waals surface area contributed by atoms with Crippen LogP contribution in [0.4, 0.5) is 8.78 Å². The highest BCUT2D eigenvalue weighted by molar-refractivity contribution is 6.31. The van der Waals surface area contributed by atoms with Gasteiger partial charge in [0.05, 0.1) is 0 Å². The van der Waals surface area contributed by atoms with Crippen molar-refractivity contribution in [3.05, 3.63) is 174 Å². The fourth-order valence-electron chi connectivity index (χ4n) is 3.72. The van der Waals surface area contributed by atoms with Crippen LogP contribution in [0.1, 0.15) is 61.2 Å². The summed E-state index contributed by atoms with van der Waals surface area (Å²) >= 11 is 11.5. The molecule has 5 aromatic rings. The molecule has 5 aromatic carbocycles. The number of hydrogen-bond acceptors (Lipinski definition) is 0. The number of hydrogen-bond donors (Lipinski definition) is 0. The summed E-state index contributed by atoms with van der Waals surface area (Å²) in [6, 6.07) is 28.7. The third-order valence-corrected chi connectivity index (χ3v) is 8.39. The first kappa shape index (κ1) is 39.6. The molecule has 0 radical (unpaired) electrons. The Kier molecular flexibility index (Phi) is 17.4. The smallest absolute Gasteiger partial charge is 0.126 e. The lowest BCUT2D eigenvalue weighted by Gasteiger charge is -2.01. The lowest BCUT2D eigenvalue weighted by molar-refractivity contribution is 0.616. The highest BCUT2D eigenvalue weighted by Gasteiger charge is 1.99. The van der Waals surface area contributed by atoms with Crippen LogP contribution in [0.3, 0.4) is 0 Å². The molecule has 0 aliphatic rings. The zero-order valence-corrected chi connectivity index (χ0v) is 30.2.